The highest BCUT2D eigenvalue weighted by atomic mass is 32.2. The third kappa shape index (κ3) is 5.32. The minimum absolute atomic E-state index is 0.134. The Kier molecular flexibility index (Phi) is 6.51. The number of hydrogen-bond donors (Lipinski definition) is 1. The van der Waals surface area contributed by atoms with E-state index in [2.05, 4.69) is 10.2 Å². The van der Waals surface area contributed by atoms with Crippen molar-refractivity contribution in [2.45, 2.75) is 31.8 Å². The lowest BCUT2D eigenvalue weighted by molar-refractivity contribution is -0.121. The number of nitrogens with zero attached hydrogens (tertiary/aromatic N) is 1. The molecule has 1 amide bonds. The Hall–Kier alpha value is -1.07. The second-order valence-electron chi connectivity index (χ2n) is 5.45. The highest BCUT2D eigenvalue weighted by Crippen LogP contribution is 2.16. The van der Waals surface area contributed by atoms with Crippen molar-refractivity contribution in [2.75, 3.05) is 25.1 Å². The standard InChI is InChI=1S/C16H23FN2OS/c1-21-11-8-16(20)18-14-6-9-19(10-7-14)12-13-4-2-3-5-15(13)17/h2-5,14H,6-12H2,1H3,(H,18,20). The van der Waals surface area contributed by atoms with Crippen molar-refractivity contribution in [3.05, 3.63) is 35.6 Å². The topological polar surface area (TPSA) is 32.3 Å². The van der Waals surface area contributed by atoms with Crippen molar-refractivity contribution < 1.29 is 9.18 Å². The second kappa shape index (κ2) is 8.39. The minimum atomic E-state index is -0.134. The third-order valence-corrected chi connectivity index (χ3v) is 4.45. The molecule has 0 saturated carbocycles. The van der Waals surface area contributed by atoms with Crippen LogP contribution in [0.5, 0.6) is 0 Å². The molecule has 0 spiro atoms. The summed E-state index contributed by atoms with van der Waals surface area (Å²) in [6.45, 7) is 2.46. The molecule has 1 fully saturated rings. The van der Waals surface area contributed by atoms with Crippen LogP contribution in [0.4, 0.5) is 4.39 Å². The van der Waals surface area contributed by atoms with Crippen molar-refractivity contribution in [3.8, 4) is 0 Å². The van der Waals surface area contributed by atoms with Crippen LogP contribution in [0.2, 0.25) is 0 Å². The average molecular weight is 310 g/mol. The van der Waals surface area contributed by atoms with Gasteiger partial charge < -0.3 is 5.32 Å². The van der Waals surface area contributed by atoms with E-state index in [4.69, 9.17) is 0 Å². The summed E-state index contributed by atoms with van der Waals surface area (Å²) < 4.78 is 13.6. The molecule has 1 aromatic carbocycles. The van der Waals surface area contributed by atoms with E-state index in [9.17, 15) is 9.18 Å². The number of benzene rings is 1. The van der Waals surface area contributed by atoms with E-state index in [0.29, 0.717) is 13.0 Å². The van der Waals surface area contributed by atoms with Gasteiger partial charge >= 0.3 is 0 Å². The van der Waals surface area contributed by atoms with E-state index in [0.717, 1.165) is 37.2 Å². The fraction of sp³-hybridized carbons (Fsp3) is 0.562. The molecule has 0 unspecified atom stereocenters. The van der Waals surface area contributed by atoms with Crippen molar-refractivity contribution in [1.82, 2.24) is 10.2 Å². The Morgan fingerprint density at radius 2 is 2.10 bits per heavy atom. The number of nitrogens with one attached hydrogen (secondary N) is 1. The fourth-order valence-corrected chi connectivity index (χ4v) is 2.99. The largest absolute Gasteiger partial charge is 0.353 e. The summed E-state index contributed by atoms with van der Waals surface area (Å²) in [5.74, 6) is 0.889. The monoisotopic (exact) mass is 310 g/mol. The van der Waals surface area contributed by atoms with Crippen molar-refractivity contribution >= 4 is 17.7 Å². The zero-order chi connectivity index (χ0) is 15.1. The lowest BCUT2D eigenvalue weighted by atomic mass is 10.0. The zero-order valence-electron chi connectivity index (χ0n) is 12.5. The highest BCUT2D eigenvalue weighted by Gasteiger charge is 2.21. The van der Waals surface area contributed by atoms with Crippen LogP contribution in [0.15, 0.2) is 24.3 Å². The van der Waals surface area contributed by atoms with Crippen molar-refractivity contribution in [2.24, 2.45) is 0 Å². The molecular weight excluding hydrogens is 287 g/mol. The summed E-state index contributed by atoms with van der Waals surface area (Å²) in [7, 11) is 0. The molecule has 0 aliphatic carbocycles. The molecule has 1 aliphatic heterocycles. The van der Waals surface area contributed by atoms with E-state index in [1.54, 1.807) is 17.8 Å². The minimum Gasteiger partial charge on any atom is -0.353 e. The van der Waals surface area contributed by atoms with E-state index in [1.807, 2.05) is 18.4 Å². The zero-order valence-corrected chi connectivity index (χ0v) is 13.3. The predicted octanol–water partition coefficient (Wildman–Crippen LogP) is 2.66. The number of thioether (sulfide) groups is 1. The number of halogens is 1. The number of piperidine rings is 1. The molecule has 0 bridgehead atoms. The summed E-state index contributed by atoms with van der Waals surface area (Å²) in [5, 5.41) is 3.10. The molecule has 5 heteroatoms. The van der Waals surface area contributed by atoms with Crippen LogP contribution in [0.3, 0.4) is 0 Å². The molecule has 3 nitrogen and oxygen atoms in total. The first-order valence-electron chi connectivity index (χ1n) is 7.43. The van der Waals surface area contributed by atoms with Crippen LogP contribution in [0, 0.1) is 5.82 Å². The second-order valence-corrected chi connectivity index (χ2v) is 6.44. The molecule has 0 aromatic heterocycles. The van der Waals surface area contributed by atoms with Crippen molar-refractivity contribution in [1.29, 1.82) is 0 Å². The first kappa shape index (κ1) is 16.3. The molecule has 116 valence electrons. The first-order valence-corrected chi connectivity index (χ1v) is 8.82. The van der Waals surface area contributed by atoms with Gasteiger partial charge in [0.05, 0.1) is 0 Å². The van der Waals surface area contributed by atoms with Gasteiger partial charge in [0.1, 0.15) is 5.82 Å². The normalized spacial score (nSPS) is 16.9. The van der Waals surface area contributed by atoms with Gasteiger partial charge in [-0.15, -0.1) is 0 Å². The molecule has 2 rings (SSSR count). The number of amides is 1. The maximum atomic E-state index is 13.6. The summed E-state index contributed by atoms with van der Waals surface area (Å²) in [4.78, 5) is 14.0. The molecule has 1 N–H and O–H groups in total. The number of carbonyl (C=O) groups excluding carboxylic acids is 1. The summed E-state index contributed by atoms with van der Waals surface area (Å²) in [6, 6.07) is 7.21. The van der Waals surface area contributed by atoms with Crippen LogP contribution < -0.4 is 5.32 Å². The quantitative estimate of drug-likeness (QED) is 0.877. The third-order valence-electron chi connectivity index (χ3n) is 3.84. The van der Waals surface area contributed by atoms with E-state index >= 15 is 0 Å². The molecule has 21 heavy (non-hydrogen) atoms. The average Bonchev–Trinajstić information content (AvgIpc) is 2.49. The number of hydrogen-bond acceptors (Lipinski definition) is 3. The lowest BCUT2D eigenvalue weighted by Crippen LogP contribution is -2.44. The van der Waals surface area contributed by atoms with Crippen LogP contribution in [0.1, 0.15) is 24.8 Å². The van der Waals surface area contributed by atoms with Crippen molar-refractivity contribution in [3.63, 3.8) is 0 Å². The Labute approximate surface area is 130 Å². The maximum absolute atomic E-state index is 13.6. The molecule has 1 aromatic rings. The molecule has 1 heterocycles. The molecular formula is C16H23FN2OS. The van der Waals surface area contributed by atoms with Gasteiger partial charge in [0.15, 0.2) is 0 Å². The molecule has 0 radical (unpaired) electrons. The van der Waals surface area contributed by atoms with Gasteiger partial charge in [-0.2, -0.15) is 11.8 Å². The Bertz CT molecular complexity index is 461. The molecule has 0 atom stereocenters. The summed E-state index contributed by atoms with van der Waals surface area (Å²) in [6.07, 6.45) is 4.49. The van der Waals surface area contributed by atoms with Crippen LogP contribution in [0.25, 0.3) is 0 Å². The van der Waals surface area contributed by atoms with Crippen LogP contribution in [-0.4, -0.2) is 41.9 Å². The van der Waals surface area contributed by atoms with E-state index < -0.39 is 0 Å². The summed E-state index contributed by atoms with van der Waals surface area (Å²) >= 11 is 1.69. The Morgan fingerprint density at radius 1 is 1.38 bits per heavy atom. The lowest BCUT2D eigenvalue weighted by Gasteiger charge is -2.32. The van der Waals surface area contributed by atoms with Gasteiger partial charge in [0.2, 0.25) is 5.91 Å². The van der Waals surface area contributed by atoms with Crippen LogP contribution >= 0.6 is 11.8 Å². The van der Waals surface area contributed by atoms with Gasteiger partial charge in [-0.05, 0) is 25.2 Å². The molecule has 1 saturated heterocycles. The number of rotatable bonds is 6. The van der Waals surface area contributed by atoms with Gasteiger partial charge in [-0.1, -0.05) is 18.2 Å². The van der Waals surface area contributed by atoms with Gasteiger partial charge in [-0.3, -0.25) is 9.69 Å². The Balaban J connectivity index is 1.73. The van der Waals surface area contributed by atoms with Gasteiger partial charge in [0, 0.05) is 43.4 Å². The number of likely N-dealkylation sites (tertiary alicyclic amines) is 1. The molecule has 1 aliphatic rings. The smallest absolute Gasteiger partial charge is 0.221 e. The van der Waals surface area contributed by atoms with Gasteiger partial charge in [-0.25, -0.2) is 4.39 Å². The van der Waals surface area contributed by atoms with Gasteiger partial charge in [0.25, 0.3) is 0 Å². The van der Waals surface area contributed by atoms with E-state index in [-0.39, 0.29) is 17.8 Å². The first-order chi connectivity index (χ1) is 10.2. The SMILES string of the molecule is CSCCC(=O)NC1CCN(Cc2ccccc2F)CC1. The highest BCUT2D eigenvalue weighted by molar-refractivity contribution is 7.98. The fourth-order valence-electron chi connectivity index (χ4n) is 2.60. The summed E-state index contributed by atoms with van der Waals surface area (Å²) in [5.41, 5.74) is 0.750. The number of carbonyl (C=O) groups is 1. The van der Waals surface area contributed by atoms with Crippen LogP contribution in [-0.2, 0) is 11.3 Å². The maximum Gasteiger partial charge on any atom is 0.221 e. The van der Waals surface area contributed by atoms with E-state index in [1.165, 1.54) is 6.07 Å². The Morgan fingerprint density at radius 3 is 2.76 bits per heavy atom. The predicted molar refractivity (Wildman–Crippen MR) is 85.8 cm³/mol.